The molecule has 3 heterocycles. The summed E-state index contributed by atoms with van der Waals surface area (Å²) < 4.78 is 49.2. The zero-order valence-corrected chi connectivity index (χ0v) is 31.6. The highest BCUT2D eigenvalue weighted by Crippen LogP contribution is 2.49. The van der Waals surface area contributed by atoms with Gasteiger partial charge in [0.15, 0.2) is 6.29 Å². The molecule has 2 fully saturated rings. The lowest BCUT2D eigenvalue weighted by Gasteiger charge is -2.49. The fourth-order valence-electron chi connectivity index (χ4n) is 9.24. The van der Waals surface area contributed by atoms with Crippen LogP contribution in [0.15, 0.2) is 36.4 Å². The van der Waals surface area contributed by atoms with Gasteiger partial charge in [-0.3, -0.25) is 9.69 Å². The smallest absolute Gasteiger partial charge is 0.264 e. The van der Waals surface area contributed by atoms with Gasteiger partial charge in [-0.25, -0.2) is 13.1 Å². The van der Waals surface area contributed by atoms with Gasteiger partial charge >= 0.3 is 0 Å². The van der Waals surface area contributed by atoms with Crippen LogP contribution in [-0.4, -0.2) is 83.3 Å². The van der Waals surface area contributed by atoms with Gasteiger partial charge in [-0.2, -0.15) is 0 Å². The summed E-state index contributed by atoms with van der Waals surface area (Å²) in [4.78, 5) is 18.3. The SMILES string of the molecule is CCN(C)[C@H]1CO[C@@H]([C@H]2CCC[C@H](C)[C@@H](C)S(=O)(=O)NC(=O)c3ccc4c(c3)N(C[C@@H]3CC[C@H]32)C[C@@]2(CCCc3cc(Cl)ccc32)CO4)OC1. The van der Waals surface area contributed by atoms with E-state index in [1.54, 1.807) is 13.0 Å². The fraction of sp³-hybridized carbons (Fsp3) is 0.667. The second-order valence-corrected chi connectivity index (χ2v) is 18.3. The van der Waals surface area contributed by atoms with E-state index in [-0.39, 0.29) is 29.6 Å². The molecule has 2 aliphatic carbocycles. The average molecular weight is 728 g/mol. The van der Waals surface area contributed by atoms with Crippen molar-refractivity contribution < 1.29 is 27.4 Å². The van der Waals surface area contributed by atoms with Crippen molar-refractivity contribution >= 4 is 33.2 Å². The number of amides is 1. The van der Waals surface area contributed by atoms with E-state index in [1.165, 1.54) is 11.1 Å². The zero-order valence-electron chi connectivity index (χ0n) is 30.0. The maximum Gasteiger partial charge on any atom is 0.264 e. The molecule has 7 rings (SSSR count). The number of ether oxygens (including phenoxy) is 3. The van der Waals surface area contributed by atoms with Gasteiger partial charge in [-0.15, -0.1) is 0 Å². The molecule has 1 spiro atoms. The van der Waals surface area contributed by atoms with E-state index in [0.717, 1.165) is 87.5 Å². The Balaban J connectivity index is 1.25. The highest BCUT2D eigenvalue weighted by molar-refractivity contribution is 7.90. The van der Waals surface area contributed by atoms with E-state index in [1.807, 2.05) is 25.1 Å². The summed E-state index contributed by atoms with van der Waals surface area (Å²) in [5.74, 6) is 1.05. The second-order valence-electron chi connectivity index (χ2n) is 15.8. The van der Waals surface area contributed by atoms with Crippen LogP contribution in [0.3, 0.4) is 0 Å². The van der Waals surface area contributed by atoms with E-state index in [0.29, 0.717) is 37.2 Å². The first-order valence-corrected chi connectivity index (χ1v) is 20.7. The van der Waals surface area contributed by atoms with Crippen molar-refractivity contribution in [3.63, 3.8) is 0 Å². The number of nitrogens with zero attached hydrogens (tertiary/aromatic N) is 2. The Morgan fingerprint density at radius 2 is 1.82 bits per heavy atom. The quantitative estimate of drug-likeness (QED) is 0.387. The van der Waals surface area contributed by atoms with Crippen LogP contribution in [0.2, 0.25) is 5.02 Å². The molecule has 3 aliphatic heterocycles. The first-order valence-electron chi connectivity index (χ1n) is 18.8. The van der Waals surface area contributed by atoms with E-state index in [2.05, 4.69) is 40.6 Å². The minimum atomic E-state index is -3.91. The summed E-state index contributed by atoms with van der Waals surface area (Å²) in [7, 11) is -1.79. The van der Waals surface area contributed by atoms with Gasteiger partial charge < -0.3 is 19.1 Å². The summed E-state index contributed by atoms with van der Waals surface area (Å²) in [5.41, 5.74) is 3.49. The largest absolute Gasteiger partial charge is 0.490 e. The number of carbonyl (C=O) groups excluding carboxylic acids is 1. The van der Waals surface area contributed by atoms with Crippen molar-refractivity contribution in [2.45, 2.75) is 95.1 Å². The standard InChI is InChI=1S/C39H54ClN3O6S/c1-5-42(4)31-21-47-38(48-22-31)33-10-6-8-25(2)26(3)50(45,46)41-37(44)28-12-16-36-35(19-28)43(20-29-11-14-32(29)33)23-39(24-49-36)17-7-9-27-18-30(40)13-15-34(27)39/h12-13,15-16,18-19,25-26,29,31-33,38H,5-11,14,17,20-24H2,1-4H3,(H,41,44)/t25-,26+,29-,31-,32+,33-,38+,39-/m0/s1. The van der Waals surface area contributed by atoms with Crippen LogP contribution in [-0.2, 0) is 31.3 Å². The zero-order chi connectivity index (χ0) is 35.2. The number of aryl methyl sites for hydroxylation is 1. The molecular formula is C39H54ClN3O6S. The summed E-state index contributed by atoms with van der Waals surface area (Å²) >= 11 is 6.48. The van der Waals surface area contributed by atoms with E-state index < -0.39 is 21.2 Å². The Kier molecular flexibility index (Phi) is 10.5. The Morgan fingerprint density at radius 3 is 2.56 bits per heavy atom. The molecule has 0 radical (unpaired) electrons. The lowest BCUT2D eigenvalue weighted by atomic mass is 9.64. The van der Waals surface area contributed by atoms with Crippen LogP contribution >= 0.6 is 11.6 Å². The van der Waals surface area contributed by atoms with Crippen molar-refractivity contribution in [2.24, 2.45) is 23.7 Å². The third-order valence-corrected chi connectivity index (χ3v) is 15.0. The highest BCUT2D eigenvalue weighted by Gasteiger charge is 2.47. The van der Waals surface area contributed by atoms with Gasteiger partial charge in [0, 0.05) is 35.0 Å². The molecule has 1 saturated carbocycles. The van der Waals surface area contributed by atoms with Gasteiger partial charge in [-0.1, -0.05) is 37.9 Å². The molecule has 1 amide bonds. The summed E-state index contributed by atoms with van der Waals surface area (Å²) in [6.07, 6.45) is 7.50. The first kappa shape index (κ1) is 36.0. The molecule has 0 aromatic heterocycles. The number of likely N-dealkylation sites (N-methyl/N-ethyl adjacent to an activating group) is 1. The monoisotopic (exact) mass is 727 g/mol. The first-order chi connectivity index (χ1) is 24.0. The lowest BCUT2D eigenvalue weighted by Crippen LogP contribution is -2.52. The molecule has 2 aromatic rings. The lowest BCUT2D eigenvalue weighted by molar-refractivity contribution is -0.241. The fourth-order valence-corrected chi connectivity index (χ4v) is 10.7. The summed E-state index contributed by atoms with van der Waals surface area (Å²) in [5, 5.41) is 0.0308. The van der Waals surface area contributed by atoms with Gasteiger partial charge in [0.1, 0.15) is 5.75 Å². The maximum atomic E-state index is 13.6. The van der Waals surface area contributed by atoms with Crippen LogP contribution in [0.4, 0.5) is 5.69 Å². The Morgan fingerprint density at radius 1 is 1.02 bits per heavy atom. The molecule has 5 aliphatic rings. The van der Waals surface area contributed by atoms with Crippen LogP contribution < -0.4 is 14.4 Å². The van der Waals surface area contributed by atoms with Crippen LogP contribution in [0.5, 0.6) is 5.75 Å². The van der Waals surface area contributed by atoms with Crippen LogP contribution in [0.25, 0.3) is 0 Å². The number of carbonyl (C=O) groups is 1. The van der Waals surface area contributed by atoms with Crippen LogP contribution in [0.1, 0.15) is 87.2 Å². The predicted octanol–water partition coefficient (Wildman–Crippen LogP) is 6.42. The molecule has 1 saturated heterocycles. The highest BCUT2D eigenvalue weighted by atomic mass is 35.5. The predicted molar refractivity (Wildman–Crippen MR) is 197 cm³/mol. The van der Waals surface area contributed by atoms with Crippen LogP contribution in [0, 0.1) is 23.7 Å². The molecule has 2 aromatic carbocycles. The van der Waals surface area contributed by atoms with Gasteiger partial charge in [0.2, 0.25) is 10.0 Å². The van der Waals surface area contributed by atoms with Gasteiger partial charge in [-0.05, 0) is 125 Å². The van der Waals surface area contributed by atoms with Crippen molar-refractivity contribution in [2.75, 3.05) is 51.4 Å². The van der Waals surface area contributed by atoms with Crippen molar-refractivity contribution in [1.29, 1.82) is 0 Å². The molecule has 9 nitrogen and oxygen atoms in total. The molecule has 11 heteroatoms. The molecule has 50 heavy (non-hydrogen) atoms. The number of hydrogen-bond acceptors (Lipinski definition) is 8. The molecule has 0 unspecified atom stereocenters. The average Bonchev–Trinajstić information content (AvgIpc) is 3.25. The topological polar surface area (TPSA) is 97.4 Å². The number of sulfonamides is 1. The van der Waals surface area contributed by atoms with E-state index >= 15 is 0 Å². The Labute approximate surface area is 303 Å². The number of hydrogen-bond donors (Lipinski definition) is 1. The molecule has 6 atom stereocenters. The molecule has 274 valence electrons. The normalized spacial score (nSPS) is 34.5. The Bertz CT molecular complexity index is 1660. The number of rotatable bonds is 3. The molecular weight excluding hydrogens is 674 g/mol. The Hall–Kier alpha value is -2.37. The van der Waals surface area contributed by atoms with Crippen molar-refractivity contribution in [3.8, 4) is 5.75 Å². The second kappa shape index (κ2) is 14.6. The minimum Gasteiger partial charge on any atom is -0.490 e. The van der Waals surface area contributed by atoms with Gasteiger partial charge in [0.05, 0.1) is 36.8 Å². The maximum absolute atomic E-state index is 13.6. The number of anilines is 1. The number of benzene rings is 2. The minimum absolute atomic E-state index is 0.123. The summed E-state index contributed by atoms with van der Waals surface area (Å²) in [6.45, 7) is 10.2. The van der Waals surface area contributed by atoms with E-state index in [9.17, 15) is 13.2 Å². The molecule has 2 bridgehead atoms. The third kappa shape index (κ3) is 7.04. The number of fused-ring (bicyclic) bond motifs is 4. The third-order valence-electron chi connectivity index (χ3n) is 12.9. The molecule has 1 N–H and O–H groups in total. The van der Waals surface area contributed by atoms with Gasteiger partial charge in [0.25, 0.3) is 5.91 Å². The van der Waals surface area contributed by atoms with Crippen molar-refractivity contribution in [3.05, 3.63) is 58.1 Å². The number of halogens is 1. The van der Waals surface area contributed by atoms with E-state index in [4.69, 9.17) is 25.8 Å². The summed E-state index contributed by atoms with van der Waals surface area (Å²) in [6, 6.07) is 11.9. The van der Waals surface area contributed by atoms with Crippen molar-refractivity contribution in [1.82, 2.24) is 9.62 Å². The number of nitrogens with one attached hydrogen (secondary N) is 1.